The lowest BCUT2D eigenvalue weighted by atomic mass is 10.2. The summed E-state index contributed by atoms with van der Waals surface area (Å²) < 4.78 is 39.3. The van der Waals surface area contributed by atoms with Gasteiger partial charge in [0.1, 0.15) is 5.70 Å². The van der Waals surface area contributed by atoms with Gasteiger partial charge in [0, 0.05) is 27.5 Å². The van der Waals surface area contributed by atoms with Crippen LogP contribution in [0.2, 0.25) is 10.0 Å². The summed E-state index contributed by atoms with van der Waals surface area (Å²) >= 11 is 11.5. The van der Waals surface area contributed by atoms with Crippen LogP contribution >= 0.6 is 23.2 Å². The van der Waals surface area contributed by atoms with E-state index in [1.54, 1.807) is 12.1 Å². The van der Waals surface area contributed by atoms with Crippen molar-refractivity contribution in [2.24, 2.45) is 0 Å². The van der Waals surface area contributed by atoms with E-state index in [2.05, 4.69) is 10.6 Å². The SMILES string of the molecule is O=C(/C=C(\Nc1cccc(Cl)c1)C(F)(F)F)Nc1cccc(Cl)c1. The highest BCUT2D eigenvalue weighted by Gasteiger charge is 2.34. The topological polar surface area (TPSA) is 41.1 Å². The largest absolute Gasteiger partial charge is 0.431 e. The molecule has 0 heterocycles. The standard InChI is InChI=1S/C16H11Cl2F3N2O/c17-10-3-1-5-12(7-10)22-14(16(19,20)21)9-15(24)23-13-6-2-4-11(18)8-13/h1-9,22H,(H,23,24)/b14-9-. The number of benzene rings is 2. The van der Waals surface area contributed by atoms with E-state index in [9.17, 15) is 18.0 Å². The molecular formula is C16H11Cl2F3N2O. The van der Waals surface area contributed by atoms with Crippen LogP contribution in [0, 0.1) is 0 Å². The number of carbonyl (C=O) groups excluding carboxylic acids is 1. The molecule has 0 atom stereocenters. The van der Waals surface area contributed by atoms with Gasteiger partial charge in [-0.3, -0.25) is 4.79 Å². The van der Waals surface area contributed by atoms with E-state index in [0.717, 1.165) is 0 Å². The third kappa shape index (κ3) is 5.47. The lowest BCUT2D eigenvalue weighted by molar-refractivity contribution is -0.113. The first-order valence-electron chi connectivity index (χ1n) is 6.62. The van der Waals surface area contributed by atoms with Gasteiger partial charge in [-0.2, -0.15) is 13.2 Å². The Balaban J connectivity index is 2.20. The Kier molecular flexibility index (Phi) is 5.75. The van der Waals surface area contributed by atoms with Gasteiger partial charge >= 0.3 is 6.18 Å². The zero-order valence-corrected chi connectivity index (χ0v) is 13.5. The van der Waals surface area contributed by atoms with Gasteiger partial charge in [-0.05, 0) is 36.4 Å². The van der Waals surface area contributed by atoms with Crippen LogP contribution in [0.1, 0.15) is 0 Å². The average Bonchev–Trinajstić information content (AvgIpc) is 2.45. The molecule has 0 saturated carbocycles. The fourth-order valence-corrected chi connectivity index (χ4v) is 2.17. The van der Waals surface area contributed by atoms with E-state index >= 15 is 0 Å². The monoisotopic (exact) mass is 374 g/mol. The summed E-state index contributed by atoms with van der Waals surface area (Å²) in [6.07, 6.45) is -4.31. The first-order valence-corrected chi connectivity index (χ1v) is 7.38. The van der Waals surface area contributed by atoms with Crippen molar-refractivity contribution < 1.29 is 18.0 Å². The van der Waals surface area contributed by atoms with E-state index in [-0.39, 0.29) is 16.4 Å². The maximum atomic E-state index is 13.1. The fraction of sp³-hybridized carbons (Fsp3) is 0.0625. The number of nitrogens with one attached hydrogen (secondary N) is 2. The Morgan fingerprint density at radius 1 is 0.917 bits per heavy atom. The van der Waals surface area contributed by atoms with Gasteiger partial charge in [0.2, 0.25) is 5.91 Å². The van der Waals surface area contributed by atoms with E-state index in [1.807, 2.05) is 0 Å². The minimum absolute atomic E-state index is 0.113. The Labute approximate surface area is 146 Å². The summed E-state index contributed by atoms with van der Waals surface area (Å²) in [6.45, 7) is 0. The molecule has 2 N–H and O–H groups in total. The number of anilines is 2. The maximum Gasteiger partial charge on any atom is 0.431 e. The molecule has 0 spiro atoms. The number of hydrogen-bond donors (Lipinski definition) is 2. The second-order valence-corrected chi connectivity index (χ2v) is 5.56. The lowest BCUT2D eigenvalue weighted by Gasteiger charge is -2.14. The van der Waals surface area contributed by atoms with Crippen LogP contribution in [0.15, 0.2) is 60.3 Å². The summed E-state index contributed by atoms with van der Waals surface area (Å²) in [7, 11) is 0. The number of carbonyl (C=O) groups is 1. The van der Waals surface area contributed by atoms with Crippen LogP contribution in [-0.4, -0.2) is 12.1 Å². The molecule has 0 fully saturated rings. The first kappa shape index (κ1) is 18.2. The van der Waals surface area contributed by atoms with Crippen molar-refractivity contribution in [1.82, 2.24) is 0 Å². The molecule has 0 unspecified atom stereocenters. The molecule has 24 heavy (non-hydrogen) atoms. The predicted octanol–water partition coefficient (Wildman–Crippen LogP) is 5.49. The number of rotatable bonds is 4. The van der Waals surface area contributed by atoms with Crippen LogP contribution in [0.5, 0.6) is 0 Å². The van der Waals surface area contributed by atoms with E-state index in [4.69, 9.17) is 23.2 Å². The highest BCUT2D eigenvalue weighted by atomic mass is 35.5. The molecule has 2 rings (SSSR count). The number of allylic oxidation sites excluding steroid dienone is 1. The van der Waals surface area contributed by atoms with Crippen molar-refractivity contribution in [2.75, 3.05) is 10.6 Å². The van der Waals surface area contributed by atoms with Crippen LogP contribution in [0.4, 0.5) is 24.5 Å². The highest BCUT2D eigenvalue weighted by Crippen LogP contribution is 2.28. The van der Waals surface area contributed by atoms with Crippen LogP contribution in [0.3, 0.4) is 0 Å². The van der Waals surface area contributed by atoms with E-state index in [0.29, 0.717) is 11.1 Å². The Bertz CT molecular complexity index is 776. The molecule has 2 aromatic carbocycles. The van der Waals surface area contributed by atoms with Gasteiger partial charge in [0.25, 0.3) is 0 Å². The van der Waals surface area contributed by atoms with Gasteiger partial charge in [0.05, 0.1) is 0 Å². The number of halogens is 5. The normalized spacial score (nSPS) is 12.0. The van der Waals surface area contributed by atoms with Crippen molar-refractivity contribution in [3.63, 3.8) is 0 Å². The van der Waals surface area contributed by atoms with Crippen molar-refractivity contribution in [3.8, 4) is 0 Å². The number of hydrogen-bond acceptors (Lipinski definition) is 2. The average molecular weight is 375 g/mol. The molecule has 2 aromatic rings. The third-order valence-electron chi connectivity index (χ3n) is 2.78. The summed E-state index contributed by atoms with van der Waals surface area (Å²) in [5, 5.41) is 5.09. The van der Waals surface area contributed by atoms with Gasteiger partial charge in [-0.1, -0.05) is 35.3 Å². The Morgan fingerprint density at radius 3 is 1.88 bits per heavy atom. The van der Waals surface area contributed by atoms with Crippen molar-refractivity contribution in [1.29, 1.82) is 0 Å². The molecule has 1 amide bonds. The summed E-state index contributed by atoms with van der Waals surface area (Å²) in [5.74, 6) is -0.945. The Morgan fingerprint density at radius 2 is 1.42 bits per heavy atom. The molecular weight excluding hydrogens is 364 g/mol. The fourth-order valence-electron chi connectivity index (χ4n) is 1.79. The molecule has 0 aliphatic rings. The van der Waals surface area contributed by atoms with Gasteiger partial charge in [-0.15, -0.1) is 0 Å². The molecule has 126 valence electrons. The van der Waals surface area contributed by atoms with Gasteiger partial charge in [-0.25, -0.2) is 0 Å². The summed E-state index contributed by atoms with van der Waals surface area (Å²) in [6, 6.07) is 11.8. The van der Waals surface area contributed by atoms with Gasteiger partial charge < -0.3 is 10.6 Å². The molecule has 0 aromatic heterocycles. The second-order valence-electron chi connectivity index (χ2n) is 4.69. The highest BCUT2D eigenvalue weighted by molar-refractivity contribution is 6.31. The first-order chi connectivity index (χ1) is 11.2. The quantitative estimate of drug-likeness (QED) is 0.694. The molecule has 0 saturated heterocycles. The van der Waals surface area contributed by atoms with Crippen molar-refractivity contribution >= 4 is 40.5 Å². The van der Waals surface area contributed by atoms with Crippen molar-refractivity contribution in [2.45, 2.75) is 6.18 Å². The molecule has 8 heteroatoms. The van der Waals surface area contributed by atoms with E-state index in [1.165, 1.54) is 36.4 Å². The number of alkyl halides is 3. The Hall–Kier alpha value is -2.18. The minimum Gasteiger partial charge on any atom is -0.351 e. The maximum absolute atomic E-state index is 13.1. The second kappa shape index (κ2) is 7.59. The van der Waals surface area contributed by atoms with E-state index < -0.39 is 17.8 Å². The summed E-state index contributed by atoms with van der Waals surface area (Å²) in [4.78, 5) is 11.8. The van der Waals surface area contributed by atoms with Crippen LogP contribution < -0.4 is 10.6 Å². The van der Waals surface area contributed by atoms with Crippen LogP contribution in [-0.2, 0) is 4.79 Å². The minimum atomic E-state index is -4.74. The molecule has 0 bridgehead atoms. The molecule has 0 aliphatic heterocycles. The smallest absolute Gasteiger partial charge is 0.351 e. The molecule has 0 aliphatic carbocycles. The number of amides is 1. The van der Waals surface area contributed by atoms with Gasteiger partial charge in [0.15, 0.2) is 0 Å². The van der Waals surface area contributed by atoms with Crippen LogP contribution in [0.25, 0.3) is 0 Å². The third-order valence-corrected chi connectivity index (χ3v) is 3.25. The lowest BCUT2D eigenvalue weighted by Crippen LogP contribution is -2.22. The summed E-state index contributed by atoms with van der Waals surface area (Å²) in [5.41, 5.74) is -0.820. The van der Waals surface area contributed by atoms with Crippen molar-refractivity contribution in [3.05, 3.63) is 70.3 Å². The zero-order chi connectivity index (χ0) is 17.7. The predicted molar refractivity (Wildman–Crippen MR) is 89.3 cm³/mol. The zero-order valence-electron chi connectivity index (χ0n) is 12.0. The molecule has 3 nitrogen and oxygen atoms in total. The molecule has 0 radical (unpaired) electrons.